The molecule has 2 atom stereocenters. The average molecular weight is 343 g/mol. The molecule has 20 heavy (non-hydrogen) atoms. The molecule has 0 saturated carbocycles. The van der Waals surface area contributed by atoms with Crippen molar-refractivity contribution in [3.8, 4) is 11.5 Å². The summed E-state index contributed by atoms with van der Waals surface area (Å²) in [5, 5.41) is 2.83. The predicted molar refractivity (Wildman–Crippen MR) is 81.2 cm³/mol. The van der Waals surface area contributed by atoms with E-state index in [9.17, 15) is 4.79 Å². The maximum Gasteiger partial charge on any atom is 0.241 e. The Bertz CT molecular complexity index is 507. The van der Waals surface area contributed by atoms with E-state index in [1.165, 1.54) is 0 Å². The summed E-state index contributed by atoms with van der Waals surface area (Å²) >= 11 is 3.42. The lowest BCUT2D eigenvalue weighted by atomic mass is 9.99. The third kappa shape index (κ3) is 3.24. The van der Waals surface area contributed by atoms with E-state index >= 15 is 0 Å². The molecule has 1 aromatic rings. The third-order valence-corrected chi connectivity index (χ3v) is 4.11. The lowest BCUT2D eigenvalue weighted by Crippen LogP contribution is -2.40. The molecule has 110 valence electrons. The molecule has 1 aliphatic rings. The van der Waals surface area contributed by atoms with Gasteiger partial charge < -0.3 is 20.5 Å². The summed E-state index contributed by atoms with van der Waals surface area (Å²) in [5.41, 5.74) is 6.56. The second-order valence-electron chi connectivity index (χ2n) is 4.88. The van der Waals surface area contributed by atoms with Gasteiger partial charge in [0.05, 0.1) is 11.7 Å². The van der Waals surface area contributed by atoms with Crippen molar-refractivity contribution in [2.24, 2.45) is 11.7 Å². The molecule has 1 aliphatic heterocycles. The van der Waals surface area contributed by atoms with E-state index in [1.807, 2.05) is 13.8 Å². The van der Waals surface area contributed by atoms with E-state index in [2.05, 4.69) is 21.2 Å². The molecule has 0 spiro atoms. The Balaban J connectivity index is 2.15. The van der Waals surface area contributed by atoms with Gasteiger partial charge in [-0.15, -0.1) is 0 Å². The van der Waals surface area contributed by atoms with Crippen LogP contribution in [0, 0.1) is 5.92 Å². The summed E-state index contributed by atoms with van der Waals surface area (Å²) in [7, 11) is 0. The van der Waals surface area contributed by atoms with E-state index in [4.69, 9.17) is 15.2 Å². The summed E-state index contributed by atoms with van der Waals surface area (Å²) in [6, 6.07) is 3.01. The highest BCUT2D eigenvalue weighted by molar-refractivity contribution is 9.10. The minimum absolute atomic E-state index is 0.131. The van der Waals surface area contributed by atoms with Gasteiger partial charge in [0, 0.05) is 16.6 Å². The summed E-state index contributed by atoms with van der Waals surface area (Å²) < 4.78 is 11.7. The molecule has 0 aliphatic carbocycles. The summed E-state index contributed by atoms with van der Waals surface area (Å²) in [5.74, 6) is 1.24. The highest BCUT2D eigenvalue weighted by atomic mass is 79.9. The number of nitrogens with one attached hydrogen (secondary N) is 1. The standard InChI is InChI=1S/C14H19BrN2O3/c1-3-8(2)13(16)14(18)17-10-7-12-11(6-9(10)15)19-4-5-20-12/h6-8,13H,3-5,16H2,1-2H3,(H,17,18)/t8-,13-/m0/s1. The number of rotatable bonds is 4. The smallest absolute Gasteiger partial charge is 0.241 e. The van der Waals surface area contributed by atoms with E-state index in [0.717, 1.165) is 10.9 Å². The molecule has 5 nitrogen and oxygen atoms in total. The van der Waals surface area contributed by atoms with Crippen molar-refractivity contribution in [2.75, 3.05) is 18.5 Å². The summed E-state index contributed by atoms with van der Waals surface area (Å²) in [4.78, 5) is 12.1. The van der Waals surface area contributed by atoms with Crippen LogP contribution < -0.4 is 20.5 Å². The first-order chi connectivity index (χ1) is 9.52. The second-order valence-corrected chi connectivity index (χ2v) is 5.73. The van der Waals surface area contributed by atoms with Crippen LogP contribution in [0.15, 0.2) is 16.6 Å². The van der Waals surface area contributed by atoms with Gasteiger partial charge in [0.2, 0.25) is 5.91 Å². The molecule has 3 N–H and O–H groups in total. The van der Waals surface area contributed by atoms with Crippen molar-refractivity contribution in [1.29, 1.82) is 0 Å². The van der Waals surface area contributed by atoms with Crippen LogP contribution in [0.2, 0.25) is 0 Å². The minimum Gasteiger partial charge on any atom is -0.486 e. The van der Waals surface area contributed by atoms with E-state index in [1.54, 1.807) is 12.1 Å². The van der Waals surface area contributed by atoms with Gasteiger partial charge in [-0.2, -0.15) is 0 Å². The number of carbonyl (C=O) groups is 1. The van der Waals surface area contributed by atoms with Crippen LogP contribution in [0.3, 0.4) is 0 Å². The quantitative estimate of drug-likeness (QED) is 0.881. The highest BCUT2D eigenvalue weighted by Gasteiger charge is 2.21. The fourth-order valence-electron chi connectivity index (χ4n) is 1.89. The van der Waals surface area contributed by atoms with Gasteiger partial charge in [-0.25, -0.2) is 0 Å². The van der Waals surface area contributed by atoms with Gasteiger partial charge in [-0.3, -0.25) is 4.79 Å². The number of hydrogen-bond donors (Lipinski definition) is 2. The SMILES string of the molecule is CC[C@H](C)[C@H](N)C(=O)Nc1cc2c(cc1Br)OCCO2. The molecular formula is C14H19BrN2O3. The third-order valence-electron chi connectivity index (χ3n) is 3.45. The molecule has 6 heteroatoms. The minimum atomic E-state index is -0.528. The highest BCUT2D eigenvalue weighted by Crippen LogP contribution is 2.38. The monoisotopic (exact) mass is 342 g/mol. The molecule has 1 amide bonds. The first kappa shape index (κ1) is 15.1. The average Bonchev–Trinajstić information content (AvgIpc) is 2.46. The van der Waals surface area contributed by atoms with Gasteiger partial charge in [0.1, 0.15) is 13.2 Å². The van der Waals surface area contributed by atoms with Crippen LogP contribution in [-0.4, -0.2) is 25.2 Å². The van der Waals surface area contributed by atoms with Crippen molar-refractivity contribution >= 4 is 27.5 Å². The molecule has 1 heterocycles. The lowest BCUT2D eigenvalue weighted by Gasteiger charge is -2.21. The lowest BCUT2D eigenvalue weighted by molar-refractivity contribution is -0.118. The Morgan fingerprint density at radius 1 is 1.40 bits per heavy atom. The normalized spacial score (nSPS) is 16.4. The van der Waals surface area contributed by atoms with Crippen LogP contribution in [0.5, 0.6) is 11.5 Å². The number of amides is 1. The largest absolute Gasteiger partial charge is 0.486 e. The zero-order chi connectivity index (χ0) is 14.7. The van der Waals surface area contributed by atoms with Gasteiger partial charge in [-0.1, -0.05) is 20.3 Å². The van der Waals surface area contributed by atoms with E-state index in [-0.39, 0.29) is 11.8 Å². The number of carbonyl (C=O) groups excluding carboxylic acids is 1. The Morgan fingerprint density at radius 3 is 2.60 bits per heavy atom. The Hall–Kier alpha value is -1.27. The maximum atomic E-state index is 12.1. The van der Waals surface area contributed by atoms with Crippen LogP contribution in [-0.2, 0) is 4.79 Å². The van der Waals surface area contributed by atoms with Gasteiger partial charge in [0.15, 0.2) is 11.5 Å². The van der Waals surface area contributed by atoms with E-state index in [0.29, 0.717) is 30.4 Å². The first-order valence-corrected chi connectivity index (χ1v) is 7.47. The fourth-order valence-corrected chi connectivity index (χ4v) is 2.31. The fraction of sp³-hybridized carbons (Fsp3) is 0.500. The van der Waals surface area contributed by atoms with Crippen molar-refractivity contribution in [2.45, 2.75) is 26.3 Å². The number of ether oxygens (including phenoxy) is 2. The Kier molecular flexibility index (Phi) is 4.88. The number of nitrogens with two attached hydrogens (primary N) is 1. The van der Waals surface area contributed by atoms with Crippen molar-refractivity contribution in [1.82, 2.24) is 0 Å². The molecule has 0 aromatic heterocycles. The molecule has 0 fully saturated rings. The zero-order valence-electron chi connectivity index (χ0n) is 11.6. The van der Waals surface area contributed by atoms with Gasteiger partial charge in [0.25, 0.3) is 0 Å². The van der Waals surface area contributed by atoms with Crippen LogP contribution in [0.4, 0.5) is 5.69 Å². The van der Waals surface area contributed by atoms with Gasteiger partial charge in [-0.05, 0) is 21.8 Å². The predicted octanol–water partition coefficient (Wildman–Crippen LogP) is 2.53. The number of fused-ring (bicyclic) bond motifs is 1. The van der Waals surface area contributed by atoms with Crippen molar-refractivity contribution in [3.05, 3.63) is 16.6 Å². The number of hydrogen-bond acceptors (Lipinski definition) is 4. The van der Waals surface area contributed by atoms with E-state index < -0.39 is 6.04 Å². The molecule has 0 bridgehead atoms. The molecule has 1 aromatic carbocycles. The summed E-state index contributed by atoms with van der Waals surface area (Å²) in [6.07, 6.45) is 0.858. The second kappa shape index (κ2) is 6.45. The number of anilines is 1. The van der Waals surface area contributed by atoms with Crippen LogP contribution >= 0.6 is 15.9 Å². The molecule has 0 saturated heterocycles. The number of benzene rings is 1. The Labute approximate surface area is 126 Å². The zero-order valence-corrected chi connectivity index (χ0v) is 13.2. The van der Waals surface area contributed by atoms with Crippen molar-refractivity contribution in [3.63, 3.8) is 0 Å². The summed E-state index contributed by atoms with van der Waals surface area (Å²) in [6.45, 7) is 5.01. The molecular weight excluding hydrogens is 324 g/mol. The molecule has 0 radical (unpaired) electrons. The van der Waals surface area contributed by atoms with Crippen molar-refractivity contribution < 1.29 is 14.3 Å². The molecule has 0 unspecified atom stereocenters. The topological polar surface area (TPSA) is 73.6 Å². The van der Waals surface area contributed by atoms with Crippen LogP contribution in [0.25, 0.3) is 0 Å². The van der Waals surface area contributed by atoms with Gasteiger partial charge >= 0.3 is 0 Å². The Morgan fingerprint density at radius 2 is 2.00 bits per heavy atom. The number of halogens is 1. The maximum absolute atomic E-state index is 12.1. The first-order valence-electron chi connectivity index (χ1n) is 6.68. The van der Waals surface area contributed by atoms with Crippen LogP contribution in [0.1, 0.15) is 20.3 Å². The molecule has 2 rings (SSSR count).